The fraction of sp³-hybridized carbons (Fsp3) is 0.636. The molecule has 0 radical (unpaired) electrons. The highest BCUT2D eigenvalue weighted by Crippen LogP contribution is 2.29. The Bertz CT molecular complexity index is 276. The number of carbonyl (C=O) groups excluding carboxylic acids is 2. The van der Waals surface area contributed by atoms with Crippen LogP contribution in [0.15, 0.2) is 12.2 Å². The smallest absolute Gasteiger partial charge is 0.303 e. The Hall–Kier alpha value is -1.12. The Balaban J connectivity index is 2.68. The molecule has 0 fully saturated rings. The molecule has 0 N–H and O–H groups in total. The van der Waals surface area contributed by atoms with E-state index in [1.165, 1.54) is 6.92 Å². The SMILES string of the molecule is CC(=O)OC(C)(C)C1C=CC(=O)CC1. The van der Waals surface area contributed by atoms with Crippen LogP contribution in [0.2, 0.25) is 0 Å². The highest BCUT2D eigenvalue weighted by molar-refractivity contribution is 5.90. The zero-order chi connectivity index (χ0) is 10.8. The molecule has 0 aromatic carbocycles. The van der Waals surface area contributed by atoms with Crippen molar-refractivity contribution < 1.29 is 14.3 Å². The molecule has 0 aromatic heterocycles. The zero-order valence-corrected chi connectivity index (χ0v) is 8.87. The number of esters is 1. The third-order valence-corrected chi connectivity index (χ3v) is 2.52. The van der Waals surface area contributed by atoms with Crippen molar-refractivity contribution >= 4 is 11.8 Å². The van der Waals surface area contributed by atoms with E-state index in [2.05, 4.69) is 0 Å². The molecule has 1 atom stereocenters. The maximum Gasteiger partial charge on any atom is 0.303 e. The van der Waals surface area contributed by atoms with Crippen molar-refractivity contribution in [3.63, 3.8) is 0 Å². The largest absolute Gasteiger partial charge is 0.459 e. The van der Waals surface area contributed by atoms with Gasteiger partial charge in [-0.3, -0.25) is 9.59 Å². The van der Waals surface area contributed by atoms with Gasteiger partial charge in [0.25, 0.3) is 0 Å². The summed E-state index contributed by atoms with van der Waals surface area (Å²) >= 11 is 0. The first-order valence-corrected chi connectivity index (χ1v) is 4.82. The van der Waals surface area contributed by atoms with E-state index in [4.69, 9.17) is 4.74 Å². The lowest BCUT2D eigenvalue weighted by Gasteiger charge is -2.33. The van der Waals surface area contributed by atoms with E-state index >= 15 is 0 Å². The molecule has 0 bridgehead atoms. The van der Waals surface area contributed by atoms with Crippen molar-refractivity contribution in [3.8, 4) is 0 Å². The third-order valence-electron chi connectivity index (χ3n) is 2.52. The molecule has 0 spiro atoms. The van der Waals surface area contributed by atoms with E-state index in [1.54, 1.807) is 6.08 Å². The number of ketones is 1. The van der Waals surface area contributed by atoms with Gasteiger partial charge in [-0.2, -0.15) is 0 Å². The van der Waals surface area contributed by atoms with Gasteiger partial charge in [0.1, 0.15) is 5.60 Å². The molecule has 14 heavy (non-hydrogen) atoms. The van der Waals surface area contributed by atoms with Gasteiger partial charge in [-0.15, -0.1) is 0 Å². The summed E-state index contributed by atoms with van der Waals surface area (Å²) < 4.78 is 5.21. The van der Waals surface area contributed by atoms with Crippen LogP contribution in [0.25, 0.3) is 0 Å². The molecule has 0 saturated heterocycles. The predicted molar refractivity (Wildman–Crippen MR) is 52.7 cm³/mol. The molecule has 78 valence electrons. The van der Waals surface area contributed by atoms with Crippen LogP contribution < -0.4 is 0 Å². The van der Waals surface area contributed by atoms with Crippen LogP contribution in [0.5, 0.6) is 0 Å². The van der Waals surface area contributed by atoms with Crippen LogP contribution in [0, 0.1) is 5.92 Å². The summed E-state index contributed by atoms with van der Waals surface area (Å²) in [5.74, 6) is 0.0178. The molecule has 0 aliphatic heterocycles. The molecule has 1 aliphatic rings. The molecule has 3 heteroatoms. The van der Waals surface area contributed by atoms with Gasteiger partial charge in [-0.05, 0) is 26.3 Å². The van der Waals surface area contributed by atoms with Gasteiger partial charge in [0, 0.05) is 19.3 Å². The monoisotopic (exact) mass is 196 g/mol. The molecular formula is C11H16O3. The van der Waals surface area contributed by atoms with Crippen molar-refractivity contribution in [2.45, 2.75) is 39.2 Å². The van der Waals surface area contributed by atoms with Gasteiger partial charge in [0.2, 0.25) is 0 Å². The maximum absolute atomic E-state index is 11.0. The van der Waals surface area contributed by atoms with Gasteiger partial charge in [0.15, 0.2) is 5.78 Å². The molecule has 1 rings (SSSR count). The van der Waals surface area contributed by atoms with Crippen molar-refractivity contribution in [1.82, 2.24) is 0 Å². The summed E-state index contributed by atoms with van der Waals surface area (Å²) in [4.78, 5) is 21.8. The van der Waals surface area contributed by atoms with E-state index in [0.717, 1.165) is 6.42 Å². The zero-order valence-electron chi connectivity index (χ0n) is 8.87. The Morgan fingerprint density at radius 3 is 2.64 bits per heavy atom. The summed E-state index contributed by atoms with van der Waals surface area (Å²) in [6.07, 6.45) is 4.73. The van der Waals surface area contributed by atoms with Gasteiger partial charge in [0.05, 0.1) is 0 Å². The first-order chi connectivity index (χ1) is 6.42. The fourth-order valence-corrected chi connectivity index (χ4v) is 1.73. The van der Waals surface area contributed by atoms with Gasteiger partial charge >= 0.3 is 5.97 Å². The maximum atomic E-state index is 11.0. The molecule has 3 nitrogen and oxygen atoms in total. The van der Waals surface area contributed by atoms with Crippen LogP contribution in [0.4, 0.5) is 0 Å². The normalized spacial score (nSPS) is 22.2. The second-order valence-electron chi connectivity index (χ2n) is 4.17. The van der Waals surface area contributed by atoms with Gasteiger partial charge in [-0.25, -0.2) is 0 Å². The minimum Gasteiger partial charge on any atom is -0.459 e. The quantitative estimate of drug-likeness (QED) is 0.633. The predicted octanol–water partition coefficient (Wildman–Crippen LogP) is 1.86. The van der Waals surface area contributed by atoms with Gasteiger partial charge < -0.3 is 4.74 Å². The van der Waals surface area contributed by atoms with Gasteiger partial charge in [-0.1, -0.05) is 6.08 Å². The van der Waals surface area contributed by atoms with Crippen molar-refractivity contribution in [3.05, 3.63) is 12.2 Å². The molecular weight excluding hydrogens is 180 g/mol. The van der Waals surface area contributed by atoms with Crippen molar-refractivity contribution in [1.29, 1.82) is 0 Å². The van der Waals surface area contributed by atoms with Crippen molar-refractivity contribution in [2.75, 3.05) is 0 Å². The van der Waals surface area contributed by atoms with Crippen LogP contribution in [0.3, 0.4) is 0 Å². The van der Waals surface area contributed by atoms with Crippen LogP contribution in [-0.2, 0) is 14.3 Å². The Morgan fingerprint density at radius 2 is 2.21 bits per heavy atom. The first kappa shape index (κ1) is 11.0. The lowest BCUT2D eigenvalue weighted by atomic mass is 9.83. The van der Waals surface area contributed by atoms with E-state index in [9.17, 15) is 9.59 Å². The van der Waals surface area contributed by atoms with E-state index in [1.807, 2.05) is 19.9 Å². The molecule has 1 unspecified atom stereocenters. The molecule has 0 amide bonds. The lowest BCUT2D eigenvalue weighted by Crippen LogP contribution is -2.36. The summed E-state index contributed by atoms with van der Waals surface area (Å²) in [5, 5.41) is 0. The fourth-order valence-electron chi connectivity index (χ4n) is 1.73. The molecule has 1 aliphatic carbocycles. The van der Waals surface area contributed by atoms with Crippen molar-refractivity contribution in [2.24, 2.45) is 5.92 Å². The summed E-state index contributed by atoms with van der Waals surface area (Å²) in [6, 6.07) is 0. The van der Waals surface area contributed by atoms with Crippen LogP contribution in [0.1, 0.15) is 33.6 Å². The average Bonchev–Trinajstić information content (AvgIpc) is 2.02. The number of hydrogen-bond acceptors (Lipinski definition) is 3. The molecule has 0 aromatic rings. The van der Waals surface area contributed by atoms with E-state index < -0.39 is 5.60 Å². The molecule has 0 saturated carbocycles. The number of carbonyl (C=O) groups is 2. The Kier molecular flexibility index (Phi) is 3.09. The topological polar surface area (TPSA) is 43.4 Å². The highest BCUT2D eigenvalue weighted by atomic mass is 16.6. The number of hydrogen-bond donors (Lipinski definition) is 0. The number of rotatable bonds is 2. The Morgan fingerprint density at radius 1 is 1.57 bits per heavy atom. The highest BCUT2D eigenvalue weighted by Gasteiger charge is 2.32. The van der Waals surface area contributed by atoms with E-state index in [0.29, 0.717) is 6.42 Å². The van der Waals surface area contributed by atoms with Crippen LogP contribution >= 0.6 is 0 Å². The minimum atomic E-state index is -0.511. The average molecular weight is 196 g/mol. The molecule has 0 heterocycles. The number of allylic oxidation sites excluding steroid dienone is 1. The van der Waals surface area contributed by atoms with E-state index in [-0.39, 0.29) is 17.7 Å². The van der Waals surface area contributed by atoms with Crippen LogP contribution in [-0.4, -0.2) is 17.4 Å². The Labute approximate surface area is 84.1 Å². The standard InChI is InChI=1S/C11H16O3/c1-8(12)14-11(2,3)9-4-6-10(13)7-5-9/h4,6,9H,5,7H2,1-3H3. The lowest BCUT2D eigenvalue weighted by molar-refractivity contribution is -0.157. The minimum absolute atomic E-state index is 0.143. The summed E-state index contributed by atoms with van der Waals surface area (Å²) in [6.45, 7) is 5.15. The number of ether oxygens (including phenoxy) is 1. The third kappa shape index (κ3) is 2.69. The first-order valence-electron chi connectivity index (χ1n) is 4.82. The summed E-state index contributed by atoms with van der Waals surface area (Å²) in [5.41, 5.74) is -0.511. The second kappa shape index (κ2) is 3.95. The summed E-state index contributed by atoms with van der Waals surface area (Å²) in [7, 11) is 0. The second-order valence-corrected chi connectivity index (χ2v) is 4.17.